The molecule has 2 aromatic rings. The van der Waals surface area contributed by atoms with Crippen molar-refractivity contribution in [2.24, 2.45) is 0 Å². The monoisotopic (exact) mass is 341 g/mol. The third-order valence-corrected chi connectivity index (χ3v) is 4.58. The molecule has 0 bridgehead atoms. The smallest absolute Gasteiger partial charge is 0.118 e. The van der Waals surface area contributed by atoms with Gasteiger partial charge in [0.2, 0.25) is 0 Å². The molecule has 0 aliphatic rings. The summed E-state index contributed by atoms with van der Waals surface area (Å²) in [6.45, 7) is 15.4. The van der Waals surface area contributed by atoms with Gasteiger partial charge in [-0.2, -0.15) is 0 Å². The fourth-order valence-corrected chi connectivity index (χ4v) is 3.65. The van der Waals surface area contributed by atoms with Crippen LogP contribution in [0.2, 0.25) is 0 Å². The number of halogens is 1. The summed E-state index contributed by atoms with van der Waals surface area (Å²) in [6, 6.07) is 8.96. The average molecular weight is 342 g/mol. The Hall–Kier alpha value is -1.83. The van der Waals surface area contributed by atoms with Crippen LogP contribution in [0.3, 0.4) is 0 Å². The highest BCUT2D eigenvalue weighted by Gasteiger charge is 2.29. The molecule has 0 aliphatic heterocycles. The molecule has 2 heteroatoms. The highest BCUT2D eigenvalue weighted by Crippen LogP contribution is 2.41. The lowest BCUT2D eigenvalue weighted by Gasteiger charge is -2.27. The molecule has 136 valence electrons. The zero-order valence-corrected chi connectivity index (χ0v) is 16.7. The molecule has 1 atom stereocenters. The van der Waals surface area contributed by atoms with Crippen LogP contribution in [0.1, 0.15) is 78.1 Å². The molecule has 2 rings (SSSR count). The second-order valence-corrected chi connectivity index (χ2v) is 8.14. The van der Waals surface area contributed by atoms with Gasteiger partial charge in [0, 0.05) is 34.0 Å². The minimum Gasteiger partial charge on any atom is -0.341 e. The summed E-state index contributed by atoms with van der Waals surface area (Å²) < 4.78 is 16.3. The molecule has 0 saturated heterocycles. The maximum Gasteiger partial charge on any atom is 0.118 e. The highest BCUT2D eigenvalue weighted by molar-refractivity contribution is 5.87. The molecule has 0 radical (unpaired) electrons. The molecule has 1 aromatic heterocycles. The first-order valence-electron chi connectivity index (χ1n) is 9.35. The average Bonchev–Trinajstić information content (AvgIpc) is 2.88. The van der Waals surface area contributed by atoms with Crippen LogP contribution in [0.15, 0.2) is 48.3 Å². The maximum atomic E-state index is 13.8. The molecule has 0 amide bonds. The van der Waals surface area contributed by atoms with Gasteiger partial charge in [0.1, 0.15) is 5.83 Å². The van der Waals surface area contributed by atoms with Crippen LogP contribution in [-0.2, 0) is 5.41 Å². The number of hydrogen-bond acceptors (Lipinski definition) is 0. The molecule has 1 heterocycles. The third-order valence-electron chi connectivity index (χ3n) is 4.58. The molecular weight excluding hydrogens is 309 g/mol. The first-order valence-corrected chi connectivity index (χ1v) is 9.35. The van der Waals surface area contributed by atoms with E-state index in [0.717, 1.165) is 0 Å². The van der Waals surface area contributed by atoms with E-state index in [1.807, 2.05) is 13.0 Å². The lowest BCUT2D eigenvalue weighted by atomic mass is 9.84. The van der Waals surface area contributed by atoms with Crippen LogP contribution in [0, 0.1) is 0 Å². The minimum atomic E-state index is -0.153. The molecule has 0 spiro atoms. The van der Waals surface area contributed by atoms with Gasteiger partial charge in [-0.25, -0.2) is 4.39 Å². The standard InChI is InChI=1S/C23H32FN/c1-8-11-18(24)15-14-17(4)21-19-12-9-10-13-20(19)25(16(2)3)22(21)23(5,6)7/h9-17H,8H2,1-7H3/b15-14-,18-11+. The van der Waals surface area contributed by atoms with Crippen LogP contribution in [0.4, 0.5) is 4.39 Å². The van der Waals surface area contributed by atoms with Gasteiger partial charge in [-0.3, -0.25) is 0 Å². The number of hydrogen-bond donors (Lipinski definition) is 0. The van der Waals surface area contributed by atoms with Gasteiger partial charge in [0.25, 0.3) is 0 Å². The van der Waals surface area contributed by atoms with Crippen LogP contribution in [0.5, 0.6) is 0 Å². The van der Waals surface area contributed by atoms with E-state index in [0.29, 0.717) is 12.5 Å². The molecule has 0 saturated carbocycles. The maximum absolute atomic E-state index is 13.8. The van der Waals surface area contributed by atoms with E-state index in [4.69, 9.17) is 0 Å². The zero-order chi connectivity index (χ0) is 18.8. The number of aromatic nitrogens is 1. The van der Waals surface area contributed by atoms with Crippen molar-refractivity contribution in [2.45, 2.75) is 72.3 Å². The van der Waals surface area contributed by atoms with Crippen molar-refractivity contribution in [1.82, 2.24) is 4.57 Å². The second-order valence-electron chi connectivity index (χ2n) is 8.14. The van der Waals surface area contributed by atoms with Gasteiger partial charge in [-0.05, 0) is 44.1 Å². The van der Waals surface area contributed by atoms with Gasteiger partial charge < -0.3 is 4.57 Å². The van der Waals surface area contributed by atoms with Crippen molar-refractivity contribution in [3.8, 4) is 0 Å². The Labute approximate surface area is 152 Å². The number of para-hydroxylation sites is 1. The van der Waals surface area contributed by atoms with E-state index < -0.39 is 0 Å². The molecule has 0 N–H and O–H groups in total. The highest BCUT2D eigenvalue weighted by atomic mass is 19.1. The Morgan fingerprint density at radius 1 is 1.16 bits per heavy atom. The SMILES string of the molecule is CC/C=C(F)\C=C/C(C)c1c(C(C)(C)C)n(C(C)C)c2ccccc12. The lowest BCUT2D eigenvalue weighted by Crippen LogP contribution is -2.21. The molecular formula is C23H32FN. The van der Waals surface area contributed by atoms with Crippen LogP contribution < -0.4 is 0 Å². The molecule has 1 aromatic carbocycles. The summed E-state index contributed by atoms with van der Waals surface area (Å²) in [5.74, 6) is -0.00520. The van der Waals surface area contributed by atoms with E-state index in [1.54, 1.807) is 12.2 Å². The number of allylic oxidation sites excluding steroid dienone is 4. The Morgan fingerprint density at radius 3 is 2.36 bits per heavy atom. The zero-order valence-electron chi connectivity index (χ0n) is 16.7. The van der Waals surface area contributed by atoms with E-state index in [9.17, 15) is 4.39 Å². The molecule has 0 fully saturated rings. The summed E-state index contributed by atoms with van der Waals surface area (Å²) in [6.07, 6.45) is 5.93. The summed E-state index contributed by atoms with van der Waals surface area (Å²) in [7, 11) is 0. The van der Waals surface area contributed by atoms with Gasteiger partial charge in [0.15, 0.2) is 0 Å². The molecule has 0 aliphatic carbocycles. The predicted molar refractivity (Wildman–Crippen MR) is 108 cm³/mol. The van der Waals surface area contributed by atoms with E-state index in [-0.39, 0.29) is 17.2 Å². The summed E-state index contributed by atoms with van der Waals surface area (Å²) in [4.78, 5) is 0. The van der Waals surface area contributed by atoms with Crippen molar-refractivity contribution < 1.29 is 4.39 Å². The van der Waals surface area contributed by atoms with E-state index >= 15 is 0 Å². The number of benzene rings is 1. The second kappa shape index (κ2) is 7.59. The Bertz CT molecular complexity index is 784. The van der Waals surface area contributed by atoms with Gasteiger partial charge >= 0.3 is 0 Å². The van der Waals surface area contributed by atoms with Crippen LogP contribution in [0.25, 0.3) is 10.9 Å². The van der Waals surface area contributed by atoms with Crippen molar-refractivity contribution >= 4 is 10.9 Å². The predicted octanol–water partition coefficient (Wildman–Crippen LogP) is 7.44. The first-order chi connectivity index (χ1) is 11.7. The van der Waals surface area contributed by atoms with E-state index in [1.165, 1.54) is 22.2 Å². The number of rotatable bonds is 5. The van der Waals surface area contributed by atoms with Gasteiger partial charge in [0.05, 0.1) is 0 Å². The third kappa shape index (κ3) is 4.05. The molecule has 25 heavy (non-hydrogen) atoms. The fourth-order valence-electron chi connectivity index (χ4n) is 3.65. The lowest BCUT2D eigenvalue weighted by molar-refractivity contribution is 0.487. The number of nitrogens with zero attached hydrogens (tertiary/aromatic N) is 1. The number of fused-ring (bicyclic) bond motifs is 1. The largest absolute Gasteiger partial charge is 0.341 e. The van der Waals surface area contributed by atoms with Crippen molar-refractivity contribution in [1.29, 1.82) is 0 Å². The topological polar surface area (TPSA) is 4.93 Å². The van der Waals surface area contributed by atoms with Gasteiger partial charge in [-0.15, -0.1) is 0 Å². The fraction of sp³-hybridized carbons (Fsp3) is 0.478. The van der Waals surface area contributed by atoms with Crippen LogP contribution >= 0.6 is 0 Å². The normalized spacial score (nSPS) is 14.8. The Morgan fingerprint density at radius 2 is 1.80 bits per heavy atom. The summed E-state index contributed by atoms with van der Waals surface area (Å²) >= 11 is 0. The summed E-state index contributed by atoms with van der Waals surface area (Å²) in [5.41, 5.74) is 3.94. The van der Waals surface area contributed by atoms with Crippen molar-refractivity contribution in [3.63, 3.8) is 0 Å². The quantitative estimate of drug-likeness (QED) is 0.498. The summed E-state index contributed by atoms with van der Waals surface area (Å²) in [5, 5.41) is 1.28. The first kappa shape index (κ1) is 19.5. The van der Waals surface area contributed by atoms with Crippen molar-refractivity contribution in [3.05, 3.63) is 59.6 Å². The van der Waals surface area contributed by atoms with Crippen molar-refractivity contribution in [2.75, 3.05) is 0 Å². The Kier molecular flexibility index (Phi) is 5.92. The molecule has 1 unspecified atom stereocenters. The van der Waals surface area contributed by atoms with Crippen LogP contribution in [-0.4, -0.2) is 4.57 Å². The van der Waals surface area contributed by atoms with E-state index in [2.05, 4.69) is 70.4 Å². The Balaban J connectivity index is 2.72. The van der Waals surface area contributed by atoms with Gasteiger partial charge in [-0.1, -0.05) is 58.9 Å². The minimum absolute atomic E-state index is 0.0124. The molecule has 1 nitrogen and oxygen atoms in total.